The molecule has 1 saturated heterocycles. The lowest BCUT2D eigenvalue weighted by Gasteiger charge is -2.05. The van der Waals surface area contributed by atoms with Gasteiger partial charge in [0.1, 0.15) is 0 Å². The Hall–Kier alpha value is -0.120. The van der Waals surface area contributed by atoms with Crippen LogP contribution >= 0.6 is 31.9 Å². The Morgan fingerprint density at radius 3 is 2.67 bits per heavy atom. The van der Waals surface area contributed by atoms with Crippen LogP contribution in [0.3, 0.4) is 0 Å². The average Bonchev–Trinajstić information content (AvgIpc) is 2.71. The summed E-state index contributed by atoms with van der Waals surface area (Å²) in [5.41, 5.74) is 1.19. The lowest BCUT2D eigenvalue weighted by Crippen LogP contribution is -1.99. The third-order valence-corrected chi connectivity index (χ3v) is 3.67. The van der Waals surface area contributed by atoms with E-state index in [2.05, 4.69) is 50.1 Å². The van der Waals surface area contributed by atoms with E-state index >= 15 is 0 Å². The Labute approximate surface area is 107 Å². The standard InChI is InChI=1S/C12H12Br2O/c13-10-5-3-9(4-6-10)12(14)8-11-2-1-7-15-11/h3-6,8,11H,1-2,7H2/b12-8+/t11-/m1/s1. The van der Waals surface area contributed by atoms with Gasteiger partial charge < -0.3 is 4.74 Å². The van der Waals surface area contributed by atoms with Crippen molar-refractivity contribution < 1.29 is 4.74 Å². The first-order valence-electron chi connectivity index (χ1n) is 5.00. The third kappa shape index (κ3) is 3.16. The normalized spacial score (nSPS) is 22.0. The maximum atomic E-state index is 5.55. The molecule has 1 fully saturated rings. The van der Waals surface area contributed by atoms with Crippen LogP contribution in [0.15, 0.2) is 34.8 Å². The van der Waals surface area contributed by atoms with Crippen molar-refractivity contribution in [2.45, 2.75) is 18.9 Å². The van der Waals surface area contributed by atoms with Crippen LogP contribution in [-0.2, 0) is 4.74 Å². The van der Waals surface area contributed by atoms with E-state index in [-0.39, 0.29) is 6.10 Å². The molecule has 0 amide bonds. The fourth-order valence-corrected chi connectivity index (χ4v) is 2.43. The maximum absolute atomic E-state index is 5.55. The maximum Gasteiger partial charge on any atom is 0.0770 e. The minimum atomic E-state index is 0.281. The van der Waals surface area contributed by atoms with Crippen molar-refractivity contribution >= 4 is 36.3 Å². The van der Waals surface area contributed by atoms with Crippen LogP contribution < -0.4 is 0 Å². The fraction of sp³-hybridized carbons (Fsp3) is 0.333. The molecule has 2 rings (SSSR count). The lowest BCUT2D eigenvalue weighted by molar-refractivity contribution is 0.146. The minimum absolute atomic E-state index is 0.281. The molecule has 3 heteroatoms. The summed E-state index contributed by atoms with van der Waals surface area (Å²) in [4.78, 5) is 0. The molecule has 0 spiro atoms. The molecular weight excluding hydrogens is 320 g/mol. The summed E-state index contributed by atoms with van der Waals surface area (Å²) in [5, 5.41) is 0. The van der Waals surface area contributed by atoms with E-state index in [1.165, 1.54) is 12.0 Å². The van der Waals surface area contributed by atoms with Gasteiger partial charge >= 0.3 is 0 Å². The highest BCUT2D eigenvalue weighted by atomic mass is 79.9. The Bertz CT molecular complexity index is 350. The lowest BCUT2D eigenvalue weighted by atomic mass is 10.1. The Morgan fingerprint density at radius 2 is 2.07 bits per heavy atom. The summed E-state index contributed by atoms with van der Waals surface area (Å²) in [5.74, 6) is 0. The van der Waals surface area contributed by atoms with Crippen LogP contribution in [0.2, 0.25) is 0 Å². The summed E-state index contributed by atoms with van der Waals surface area (Å²) in [6.45, 7) is 0.891. The molecule has 0 N–H and O–H groups in total. The van der Waals surface area contributed by atoms with Crippen molar-refractivity contribution in [3.8, 4) is 0 Å². The quantitative estimate of drug-likeness (QED) is 0.782. The first kappa shape index (κ1) is 11.4. The summed E-state index contributed by atoms with van der Waals surface area (Å²) in [7, 11) is 0. The predicted octanol–water partition coefficient (Wildman–Crippen LogP) is 4.36. The molecule has 0 bridgehead atoms. The molecule has 1 aromatic rings. The second-order valence-corrected chi connectivity index (χ2v) is 5.34. The second kappa shape index (κ2) is 5.28. The first-order chi connectivity index (χ1) is 7.25. The molecule has 0 aliphatic carbocycles. The van der Waals surface area contributed by atoms with E-state index in [4.69, 9.17) is 4.74 Å². The molecule has 1 heterocycles. The molecule has 1 aliphatic heterocycles. The van der Waals surface area contributed by atoms with E-state index in [0.717, 1.165) is 22.0 Å². The van der Waals surface area contributed by atoms with E-state index in [0.29, 0.717) is 0 Å². The van der Waals surface area contributed by atoms with Crippen LogP contribution in [0.5, 0.6) is 0 Å². The third-order valence-electron chi connectivity index (χ3n) is 2.42. The molecule has 0 radical (unpaired) electrons. The van der Waals surface area contributed by atoms with Crippen molar-refractivity contribution in [2.75, 3.05) is 6.61 Å². The van der Waals surface area contributed by atoms with Gasteiger partial charge in [-0.3, -0.25) is 0 Å². The van der Waals surface area contributed by atoms with Crippen LogP contribution in [0.4, 0.5) is 0 Å². The Balaban J connectivity index is 2.12. The molecule has 1 atom stereocenters. The van der Waals surface area contributed by atoms with Crippen molar-refractivity contribution in [1.82, 2.24) is 0 Å². The van der Waals surface area contributed by atoms with Gasteiger partial charge in [-0.2, -0.15) is 0 Å². The highest BCUT2D eigenvalue weighted by molar-refractivity contribution is 9.15. The van der Waals surface area contributed by atoms with Crippen LogP contribution in [0.1, 0.15) is 18.4 Å². The fourth-order valence-electron chi connectivity index (χ4n) is 1.60. The van der Waals surface area contributed by atoms with Gasteiger partial charge in [-0.1, -0.05) is 44.0 Å². The van der Waals surface area contributed by atoms with Gasteiger partial charge in [0.05, 0.1) is 6.10 Å². The zero-order valence-corrected chi connectivity index (χ0v) is 11.4. The van der Waals surface area contributed by atoms with Gasteiger partial charge in [-0.15, -0.1) is 0 Å². The molecule has 1 nitrogen and oxygen atoms in total. The Kier molecular flexibility index (Phi) is 4.00. The molecule has 0 saturated carbocycles. The zero-order valence-electron chi connectivity index (χ0n) is 8.25. The van der Waals surface area contributed by atoms with E-state index in [9.17, 15) is 0 Å². The van der Waals surface area contributed by atoms with Crippen molar-refractivity contribution in [1.29, 1.82) is 0 Å². The van der Waals surface area contributed by atoms with Crippen molar-refractivity contribution in [3.05, 3.63) is 40.4 Å². The van der Waals surface area contributed by atoms with Crippen LogP contribution in [0.25, 0.3) is 4.48 Å². The summed E-state index contributed by atoms with van der Waals surface area (Å²) in [6, 6.07) is 8.25. The number of halogens is 2. The zero-order chi connectivity index (χ0) is 10.7. The number of rotatable bonds is 2. The van der Waals surface area contributed by atoms with Crippen molar-refractivity contribution in [2.24, 2.45) is 0 Å². The van der Waals surface area contributed by atoms with Gasteiger partial charge in [-0.25, -0.2) is 0 Å². The first-order valence-corrected chi connectivity index (χ1v) is 6.59. The number of hydrogen-bond acceptors (Lipinski definition) is 1. The average molecular weight is 332 g/mol. The van der Waals surface area contributed by atoms with E-state index < -0.39 is 0 Å². The molecule has 1 aliphatic rings. The van der Waals surface area contributed by atoms with Gasteiger partial charge in [0.2, 0.25) is 0 Å². The van der Waals surface area contributed by atoms with Gasteiger partial charge in [-0.05, 0) is 36.6 Å². The summed E-state index contributed by atoms with van der Waals surface area (Å²) < 4.78 is 7.77. The molecule has 1 aromatic carbocycles. The SMILES string of the molecule is Br/C(=C/[C@H]1CCCO1)c1ccc(Br)cc1. The van der Waals surface area contributed by atoms with Crippen molar-refractivity contribution in [3.63, 3.8) is 0 Å². The molecule has 0 aromatic heterocycles. The molecule has 15 heavy (non-hydrogen) atoms. The minimum Gasteiger partial charge on any atom is -0.374 e. The number of hydrogen-bond donors (Lipinski definition) is 0. The second-order valence-electron chi connectivity index (χ2n) is 3.57. The predicted molar refractivity (Wildman–Crippen MR) is 70.0 cm³/mol. The molecule has 0 unspecified atom stereocenters. The topological polar surface area (TPSA) is 9.23 Å². The summed E-state index contributed by atoms with van der Waals surface area (Å²) in [6.07, 6.45) is 4.73. The highest BCUT2D eigenvalue weighted by Crippen LogP contribution is 2.26. The number of ether oxygens (including phenoxy) is 1. The van der Waals surface area contributed by atoms with E-state index in [1.54, 1.807) is 0 Å². The van der Waals surface area contributed by atoms with Gasteiger partial charge in [0.25, 0.3) is 0 Å². The molecular formula is C12H12Br2O. The van der Waals surface area contributed by atoms with E-state index in [1.807, 2.05) is 12.1 Å². The smallest absolute Gasteiger partial charge is 0.0770 e. The number of benzene rings is 1. The molecule has 80 valence electrons. The van der Waals surface area contributed by atoms with Crippen LogP contribution in [-0.4, -0.2) is 12.7 Å². The van der Waals surface area contributed by atoms with Gasteiger partial charge in [0.15, 0.2) is 0 Å². The largest absolute Gasteiger partial charge is 0.374 e. The Morgan fingerprint density at radius 1 is 1.33 bits per heavy atom. The highest BCUT2D eigenvalue weighted by Gasteiger charge is 2.13. The summed E-state index contributed by atoms with van der Waals surface area (Å²) >= 11 is 7.01. The van der Waals surface area contributed by atoms with Gasteiger partial charge in [0, 0.05) is 15.6 Å². The van der Waals surface area contributed by atoms with Crippen LogP contribution in [0, 0.1) is 0 Å². The monoisotopic (exact) mass is 330 g/mol.